The van der Waals surface area contributed by atoms with Crippen molar-refractivity contribution in [1.82, 2.24) is 9.62 Å². The van der Waals surface area contributed by atoms with Crippen molar-refractivity contribution in [2.24, 2.45) is 5.92 Å². The van der Waals surface area contributed by atoms with Gasteiger partial charge in [-0.1, -0.05) is 23.7 Å². The first kappa shape index (κ1) is 22.4. The van der Waals surface area contributed by atoms with E-state index >= 15 is 0 Å². The summed E-state index contributed by atoms with van der Waals surface area (Å²) in [7, 11) is -0.687. The van der Waals surface area contributed by atoms with E-state index in [1.54, 1.807) is 7.11 Å². The zero-order chi connectivity index (χ0) is 21.7. The molecule has 7 nitrogen and oxygen atoms in total. The molecule has 0 saturated carbocycles. The minimum Gasteiger partial charge on any atom is -0.497 e. The highest BCUT2D eigenvalue weighted by Crippen LogP contribution is 2.30. The summed E-state index contributed by atoms with van der Waals surface area (Å²) >= 11 is 6.09. The molecule has 1 unspecified atom stereocenters. The highest BCUT2D eigenvalue weighted by molar-refractivity contribution is 7.89. The van der Waals surface area contributed by atoms with E-state index in [0.717, 1.165) is 11.3 Å². The second-order valence-corrected chi connectivity index (χ2v) is 9.41. The van der Waals surface area contributed by atoms with Crippen LogP contribution in [-0.4, -0.2) is 45.9 Å². The molecule has 3 rings (SSSR count). The summed E-state index contributed by atoms with van der Waals surface area (Å²) in [5.74, 6) is 0.598. The van der Waals surface area contributed by atoms with E-state index in [1.165, 1.54) is 29.6 Å². The van der Waals surface area contributed by atoms with E-state index in [9.17, 15) is 13.2 Å². The molecule has 1 fully saturated rings. The predicted octanol–water partition coefficient (Wildman–Crippen LogP) is 3.07. The van der Waals surface area contributed by atoms with Crippen LogP contribution in [0.25, 0.3) is 0 Å². The second-order valence-electron chi connectivity index (χ2n) is 7.06. The number of amides is 1. The van der Waals surface area contributed by atoms with Crippen molar-refractivity contribution in [3.63, 3.8) is 0 Å². The fourth-order valence-corrected chi connectivity index (χ4v) is 5.28. The molecule has 1 N–H and O–H groups in total. The monoisotopic (exact) mass is 452 g/mol. The van der Waals surface area contributed by atoms with Crippen molar-refractivity contribution in [3.05, 3.63) is 53.1 Å². The standard InChI is InChI=1S/C21H25ClN2O5S/c1-28-17-7-5-15(6-8-17)13-23-21(25)16-4-3-11-24(14-16)30(26,27)18-9-10-20(29-2)19(22)12-18/h5-10,12,16H,3-4,11,13-14H2,1-2H3,(H,23,25). The zero-order valence-corrected chi connectivity index (χ0v) is 18.5. The number of rotatable bonds is 7. The van der Waals surface area contributed by atoms with Crippen LogP contribution < -0.4 is 14.8 Å². The molecule has 1 saturated heterocycles. The quantitative estimate of drug-likeness (QED) is 0.697. The van der Waals surface area contributed by atoms with E-state index in [-0.39, 0.29) is 22.4 Å². The van der Waals surface area contributed by atoms with Crippen LogP contribution >= 0.6 is 11.6 Å². The highest BCUT2D eigenvalue weighted by atomic mass is 35.5. The molecule has 0 radical (unpaired) electrons. The van der Waals surface area contributed by atoms with E-state index in [2.05, 4.69) is 5.32 Å². The van der Waals surface area contributed by atoms with E-state index in [1.807, 2.05) is 24.3 Å². The number of carbonyl (C=O) groups is 1. The van der Waals surface area contributed by atoms with Gasteiger partial charge in [0.15, 0.2) is 0 Å². The molecule has 0 bridgehead atoms. The van der Waals surface area contributed by atoms with E-state index in [4.69, 9.17) is 21.1 Å². The molecule has 0 aliphatic carbocycles. The maximum absolute atomic E-state index is 13.0. The Hall–Kier alpha value is -2.29. The molecule has 1 aliphatic rings. The van der Waals surface area contributed by atoms with E-state index < -0.39 is 15.9 Å². The summed E-state index contributed by atoms with van der Waals surface area (Å²) in [5.41, 5.74) is 0.942. The van der Waals surface area contributed by atoms with Crippen molar-refractivity contribution < 1.29 is 22.7 Å². The smallest absolute Gasteiger partial charge is 0.243 e. The topological polar surface area (TPSA) is 84.9 Å². The third-order valence-corrected chi connectivity index (χ3v) is 7.30. The number of ether oxygens (including phenoxy) is 2. The molecule has 2 aromatic rings. The van der Waals surface area contributed by atoms with Crippen LogP contribution in [0.4, 0.5) is 0 Å². The fourth-order valence-electron chi connectivity index (χ4n) is 3.41. The summed E-state index contributed by atoms with van der Waals surface area (Å²) in [6, 6.07) is 11.8. The van der Waals surface area contributed by atoms with Gasteiger partial charge in [-0.15, -0.1) is 0 Å². The van der Waals surface area contributed by atoms with E-state index in [0.29, 0.717) is 31.7 Å². The number of methoxy groups -OCH3 is 2. The Kier molecular flexibility index (Phi) is 7.23. The SMILES string of the molecule is COc1ccc(CNC(=O)C2CCCN(S(=O)(=O)c3ccc(OC)c(Cl)c3)C2)cc1. The van der Waals surface area contributed by atoms with Crippen LogP contribution in [-0.2, 0) is 21.4 Å². The summed E-state index contributed by atoms with van der Waals surface area (Å²) in [4.78, 5) is 12.7. The third kappa shape index (κ3) is 5.06. The number of halogens is 1. The molecule has 30 heavy (non-hydrogen) atoms. The van der Waals surface area contributed by atoms with Gasteiger partial charge < -0.3 is 14.8 Å². The zero-order valence-electron chi connectivity index (χ0n) is 16.9. The van der Waals surface area contributed by atoms with Crippen LogP contribution in [0.15, 0.2) is 47.4 Å². The van der Waals surface area contributed by atoms with Crippen LogP contribution in [0.2, 0.25) is 5.02 Å². The largest absolute Gasteiger partial charge is 0.497 e. The van der Waals surface area contributed by atoms with Crippen molar-refractivity contribution in [3.8, 4) is 11.5 Å². The first-order valence-electron chi connectivity index (χ1n) is 9.59. The van der Waals surface area contributed by atoms with Gasteiger partial charge in [-0.3, -0.25) is 4.79 Å². The summed E-state index contributed by atoms with van der Waals surface area (Å²) < 4.78 is 37.6. The first-order valence-corrected chi connectivity index (χ1v) is 11.4. The molecule has 162 valence electrons. The number of carbonyl (C=O) groups excluding carboxylic acids is 1. The van der Waals surface area contributed by atoms with Crippen LogP contribution in [0.5, 0.6) is 11.5 Å². The Morgan fingerprint density at radius 2 is 1.90 bits per heavy atom. The van der Waals surface area contributed by atoms with Gasteiger partial charge in [0.25, 0.3) is 0 Å². The lowest BCUT2D eigenvalue weighted by Crippen LogP contribution is -2.45. The van der Waals surface area contributed by atoms with Crippen molar-refractivity contribution in [2.45, 2.75) is 24.3 Å². The number of benzene rings is 2. The molecular weight excluding hydrogens is 428 g/mol. The normalized spacial score (nSPS) is 17.4. The van der Waals surface area contributed by atoms with Crippen molar-refractivity contribution >= 4 is 27.5 Å². The summed E-state index contributed by atoms with van der Waals surface area (Å²) in [6.45, 7) is 0.884. The first-order chi connectivity index (χ1) is 14.3. The van der Waals surface area contributed by atoms with Gasteiger partial charge in [0.1, 0.15) is 11.5 Å². The Morgan fingerprint density at radius 1 is 1.17 bits per heavy atom. The predicted molar refractivity (Wildman–Crippen MR) is 114 cm³/mol. The fraction of sp³-hybridized carbons (Fsp3) is 0.381. The Balaban J connectivity index is 1.64. The van der Waals surface area contributed by atoms with Crippen molar-refractivity contribution in [1.29, 1.82) is 0 Å². The maximum Gasteiger partial charge on any atom is 0.243 e. The van der Waals surface area contributed by atoms with Gasteiger partial charge in [-0.05, 0) is 48.7 Å². The van der Waals surface area contributed by atoms with Gasteiger partial charge in [0.05, 0.1) is 30.1 Å². The van der Waals surface area contributed by atoms with Crippen LogP contribution in [0, 0.1) is 5.92 Å². The lowest BCUT2D eigenvalue weighted by Gasteiger charge is -2.31. The lowest BCUT2D eigenvalue weighted by atomic mass is 9.99. The minimum atomic E-state index is -3.75. The van der Waals surface area contributed by atoms with Gasteiger partial charge in [-0.2, -0.15) is 4.31 Å². The molecule has 9 heteroatoms. The molecule has 1 atom stereocenters. The number of hydrogen-bond acceptors (Lipinski definition) is 5. The second kappa shape index (κ2) is 9.68. The van der Waals surface area contributed by atoms with Crippen LogP contribution in [0.3, 0.4) is 0 Å². The molecule has 0 spiro atoms. The molecular formula is C21H25ClN2O5S. The number of nitrogens with one attached hydrogen (secondary N) is 1. The molecule has 0 aromatic heterocycles. The Morgan fingerprint density at radius 3 is 2.53 bits per heavy atom. The maximum atomic E-state index is 13.0. The van der Waals surface area contributed by atoms with Gasteiger partial charge >= 0.3 is 0 Å². The van der Waals surface area contributed by atoms with Gasteiger partial charge in [0.2, 0.25) is 15.9 Å². The highest BCUT2D eigenvalue weighted by Gasteiger charge is 2.33. The van der Waals surface area contributed by atoms with Gasteiger partial charge in [-0.25, -0.2) is 8.42 Å². The Bertz CT molecular complexity index is 995. The number of sulfonamides is 1. The average Bonchev–Trinajstić information content (AvgIpc) is 2.77. The number of hydrogen-bond donors (Lipinski definition) is 1. The molecule has 2 aromatic carbocycles. The average molecular weight is 453 g/mol. The summed E-state index contributed by atoms with van der Waals surface area (Å²) in [5, 5.41) is 3.13. The minimum absolute atomic E-state index is 0.0904. The van der Waals surface area contributed by atoms with Crippen molar-refractivity contribution in [2.75, 3.05) is 27.3 Å². The lowest BCUT2D eigenvalue weighted by molar-refractivity contribution is -0.126. The molecule has 1 heterocycles. The summed E-state index contributed by atoms with van der Waals surface area (Å²) in [6.07, 6.45) is 1.26. The molecule has 1 amide bonds. The number of piperidine rings is 1. The molecule has 1 aliphatic heterocycles. The van der Waals surface area contributed by atoms with Gasteiger partial charge in [0, 0.05) is 19.6 Å². The van der Waals surface area contributed by atoms with Crippen LogP contribution in [0.1, 0.15) is 18.4 Å². The third-order valence-electron chi connectivity index (χ3n) is 5.14. The Labute approximate surface area is 182 Å². The number of nitrogens with zero attached hydrogens (tertiary/aromatic N) is 1.